The van der Waals surface area contributed by atoms with E-state index in [0.29, 0.717) is 22.0 Å². The summed E-state index contributed by atoms with van der Waals surface area (Å²) in [5.74, 6) is 0.158. The first-order valence-electron chi connectivity index (χ1n) is 7.16. The number of rotatable bonds is 5. The molecule has 2 amide bonds. The van der Waals surface area contributed by atoms with Crippen LogP contribution in [0.4, 0.5) is 10.5 Å². The van der Waals surface area contributed by atoms with Crippen molar-refractivity contribution in [2.45, 2.75) is 13.2 Å². The molecule has 0 aliphatic rings. The first kappa shape index (κ1) is 17.6. The Balaban J connectivity index is 1.85. The second-order valence-electron chi connectivity index (χ2n) is 4.88. The number of carbonyl (C=O) groups is 2. The van der Waals surface area contributed by atoms with Crippen LogP contribution < -0.4 is 15.4 Å². The Kier molecular flexibility index (Phi) is 6.03. The zero-order chi connectivity index (χ0) is 17.5. The highest BCUT2D eigenvalue weighted by Gasteiger charge is 2.10. The highest BCUT2D eigenvalue weighted by atomic mass is 35.5. The zero-order valence-corrected chi connectivity index (χ0v) is 14.0. The Morgan fingerprint density at radius 2 is 1.67 bits per heavy atom. The van der Waals surface area contributed by atoms with Crippen molar-refractivity contribution in [3.05, 3.63) is 59.1 Å². The van der Waals surface area contributed by atoms with Gasteiger partial charge in [-0.1, -0.05) is 11.6 Å². The molecule has 0 saturated heterocycles. The van der Waals surface area contributed by atoms with E-state index in [1.54, 1.807) is 55.5 Å². The largest absolute Gasteiger partial charge is 0.471 e. The van der Waals surface area contributed by atoms with E-state index in [9.17, 15) is 9.59 Å². The number of ether oxygens (including phenoxy) is 2. The van der Waals surface area contributed by atoms with Crippen molar-refractivity contribution in [1.29, 1.82) is 0 Å². The Morgan fingerprint density at radius 3 is 2.25 bits per heavy atom. The van der Waals surface area contributed by atoms with Gasteiger partial charge in [0, 0.05) is 10.7 Å². The third kappa shape index (κ3) is 5.17. The fourth-order valence-corrected chi connectivity index (χ4v) is 2.03. The maximum absolute atomic E-state index is 11.9. The lowest BCUT2D eigenvalue weighted by Gasteiger charge is -2.16. The molecule has 0 aromatic heterocycles. The van der Waals surface area contributed by atoms with Crippen LogP contribution in [0.15, 0.2) is 48.5 Å². The van der Waals surface area contributed by atoms with Gasteiger partial charge < -0.3 is 20.1 Å². The SMILES string of the molecule is COC(=O)c1ccc(NC(=O)NC(C)Oc2ccc(Cl)cc2)cc1. The highest BCUT2D eigenvalue weighted by molar-refractivity contribution is 6.30. The molecule has 0 bridgehead atoms. The minimum Gasteiger partial charge on any atom is -0.471 e. The van der Waals surface area contributed by atoms with Gasteiger partial charge in [0.25, 0.3) is 0 Å². The molecule has 126 valence electrons. The number of methoxy groups -OCH3 is 1. The molecular weight excluding hydrogens is 332 g/mol. The smallest absolute Gasteiger partial charge is 0.337 e. The fourth-order valence-electron chi connectivity index (χ4n) is 1.91. The number of amides is 2. The van der Waals surface area contributed by atoms with Gasteiger partial charge in [0.2, 0.25) is 0 Å². The zero-order valence-electron chi connectivity index (χ0n) is 13.2. The number of hydrogen-bond donors (Lipinski definition) is 2. The van der Waals surface area contributed by atoms with Gasteiger partial charge in [0.15, 0.2) is 6.23 Å². The fraction of sp³-hybridized carbons (Fsp3) is 0.176. The van der Waals surface area contributed by atoms with Crippen LogP contribution in [0, 0.1) is 0 Å². The van der Waals surface area contributed by atoms with Crippen molar-refractivity contribution in [1.82, 2.24) is 5.32 Å². The summed E-state index contributed by atoms with van der Waals surface area (Å²) in [5, 5.41) is 5.90. The summed E-state index contributed by atoms with van der Waals surface area (Å²) in [6, 6.07) is 12.7. The number of halogens is 1. The molecule has 0 saturated carbocycles. The molecule has 0 aliphatic carbocycles. The summed E-state index contributed by atoms with van der Waals surface area (Å²) in [6.07, 6.45) is -0.541. The molecule has 1 atom stereocenters. The molecule has 7 heteroatoms. The molecule has 0 aliphatic heterocycles. The van der Waals surface area contributed by atoms with Crippen LogP contribution in [0.5, 0.6) is 5.75 Å². The van der Waals surface area contributed by atoms with Gasteiger partial charge in [-0.15, -0.1) is 0 Å². The third-order valence-electron chi connectivity index (χ3n) is 3.02. The third-order valence-corrected chi connectivity index (χ3v) is 3.28. The lowest BCUT2D eigenvalue weighted by atomic mass is 10.2. The van der Waals surface area contributed by atoms with Crippen LogP contribution in [0.2, 0.25) is 5.02 Å². The van der Waals surface area contributed by atoms with Crippen LogP contribution in [-0.2, 0) is 4.74 Å². The normalized spacial score (nSPS) is 11.3. The Labute approximate surface area is 144 Å². The lowest BCUT2D eigenvalue weighted by molar-refractivity contribution is 0.0600. The Morgan fingerprint density at radius 1 is 1.04 bits per heavy atom. The van der Waals surface area contributed by atoms with Gasteiger partial charge in [-0.3, -0.25) is 0 Å². The van der Waals surface area contributed by atoms with E-state index in [0.717, 1.165) is 0 Å². The van der Waals surface area contributed by atoms with Crippen LogP contribution in [0.1, 0.15) is 17.3 Å². The first-order chi connectivity index (χ1) is 11.5. The van der Waals surface area contributed by atoms with Gasteiger partial charge in [-0.2, -0.15) is 0 Å². The minimum absolute atomic E-state index is 0.405. The van der Waals surface area contributed by atoms with E-state index in [-0.39, 0.29) is 0 Å². The standard InChI is InChI=1S/C17H17ClN2O4/c1-11(24-15-9-5-13(18)6-10-15)19-17(22)20-14-7-3-12(4-8-14)16(21)23-2/h3-11H,1-2H3,(H2,19,20,22). The van der Waals surface area contributed by atoms with Crippen molar-refractivity contribution in [2.75, 3.05) is 12.4 Å². The summed E-state index contributed by atoms with van der Waals surface area (Å²) >= 11 is 5.80. The maximum Gasteiger partial charge on any atom is 0.337 e. The quantitative estimate of drug-likeness (QED) is 0.638. The molecule has 1 unspecified atom stereocenters. The minimum atomic E-state index is -0.541. The number of urea groups is 1. The van der Waals surface area contributed by atoms with E-state index < -0.39 is 18.2 Å². The van der Waals surface area contributed by atoms with Gasteiger partial charge >= 0.3 is 12.0 Å². The molecule has 0 fully saturated rings. The average molecular weight is 349 g/mol. The number of hydrogen-bond acceptors (Lipinski definition) is 4. The van der Waals surface area contributed by atoms with Crippen molar-refractivity contribution >= 4 is 29.3 Å². The molecule has 2 rings (SSSR count). The molecule has 2 aromatic rings. The summed E-state index contributed by atoms with van der Waals surface area (Å²) in [5.41, 5.74) is 0.946. The van der Waals surface area contributed by atoms with E-state index in [1.807, 2.05) is 0 Å². The van der Waals surface area contributed by atoms with Crippen LogP contribution in [0.25, 0.3) is 0 Å². The second kappa shape index (κ2) is 8.21. The Bertz CT molecular complexity index is 702. The highest BCUT2D eigenvalue weighted by Crippen LogP contribution is 2.16. The summed E-state index contributed by atoms with van der Waals surface area (Å²) < 4.78 is 10.2. The van der Waals surface area contributed by atoms with Gasteiger partial charge in [-0.05, 0) is 55.5 Å². The van der Waals surface area contributed by atoms with Crippen LogP contribution in [0.3, 0.4) is 0 Å². The number of nitrogens with one attached hydrogen (secondary N) is 2. The van der Waals surface area contributed by atoms with Crippen molar-refractivity contribution < 1.29 is 19.1 Å². The summed E-state index contributed by atoms with van der Waals surface area (Å²) in [7, 11) is 1.31. The number of esters is 1. The van der Waals surface area contributed by atoms with E-state index in [2.05, 4.69) is 15.4 Å². The molecule has 0 radical (unpaired) electrons. The van der Waals surface area contributed by atoms with E-state index in [4.69, 9.17) is 16.3 Å². The number of benzene rings is 2. The van der Waals surface area contributed by atoms with Crippen molar-refractivity contribution in [2.24, 2.45) is 0 Å². The predicted octanol–water partition coefficient (Wildman–Crippen LogP) is 3.67. The van der Waals surface area contributed by atoms with E-state index >= 15 is 0 Å². The number of anilines is 1. The molecule has 0 spiro atoms. The number of carbonyl (C=O) groups excluding carboxylic acids is 2. The maximum atomic E-state index is 11.9. The molecular formula is C17H17ClN2O4. The second-order valence-corrected chi connectivity index (χ2v) is 5.32. The van der Waals surface area contributed by atoms with Crippen LogP contribution >= 0.6 is 11.6 Å². The van der Waals surface area contributed by atoms with Crippen molar-refractivity contribution in [3.63, 3.8) is 0 Å². The Hall–Kier alpha value is -2.73. The predicted molar refractivity (Wildman–Crippen MR) is 91.5 cm³/mol. The van der Waals surface area contributed by atoms with Gasteiger partial charge in [0.1, 0.15) is 5.75 Å². The molecule has 24 heavy (non-hydrogen) atoms. The monoisotopic (exact) mass is 348 g/mol. The summed E-state index contributed by atoms with van der Waals surface area (Å²) in [6.45, 7) is 1.70. The molecule has 6 nitrogen and oxygen atoms in total. The average Bonchev–Trinajstić information content (AvgIpc) is 2.56. The van der Waals surface area contributed by atoms with Gasteiger partial charge in [-0.25, -0.2) is 9.59 Å². The molecule has 0 heterocycles. The van der Waals surface area contributed by atoms with Crippen molar-refractivity contribution in [3.8, 4) is 5.75 Å². The lowest BCUT2D eigenvalue weighted by Crippen LogP contribution is -2.39. The van der Waals surface area contributed by atoms with Crippen LogP contribution in [-0.4, -0.2) is 25.3 Å². The van der Waals surface area contributed by atoms with Gasteiger partial charge in [0.05, 0.1) is 12.7 Å². The molecule has 2 N–H and O–H groups in total. The van der Waals surface area contributed by atoms with E-state index in [1.165, 1.54) is 7.11 Å². The summed E-state index contributed by atoms with van der Waals surface area (Å²) in [4.78, 5) is 23.3. The first-order valence-corrected chi connectivity index (χ1v) is 7.54. The topological polar surface area (TPSA) is 76.7 Å². The molecule has 2 aromatic carbocycles.